The summed E-state index contributed by atoms with van der Waals surface area (Å²) in [7, 11) is -7.56. The van der Waals surface area contributed by atoms with E-state index < -0.39 is 23.8 Å². The Hall–Kier alpha value is -0.620. The van der Waals surface area contributed by atoms with E-state index in [2.05, 4.69) is 6.92 Å². The number of hydrogen-bond acceptors (Lipinski definition) is 4. The minimum absolute atomic E-state index is 0.0964. The summed E-state index contributed by atoms with van der Waals surface area (Å²) in [6, 6.07) is 0. The molecule has 0 N–H and O–H groups in total. The zero-order valence-corrected chi connectivity index (χ0v) is 14.4. The lowest BCUT2D eigenvalue weighted by Crippen LogP contribution is -2.46. The smallest absolute Gasteiger partial charge is 0.198 e. The van der Waals surface area contributed by atoms with Crippen LogP contribution in [0.25, 0.3) is 0 Å². The van der Waals surface area contributed by atoms with Gasteiger partial charge in [-0.2, -0.15) is 0 Å². The maximum absolute atomic E-state index is 12.5. The highest BCUT2D eigenvalue weighted by molar-refractivity contribution is 8.10. The van der Waals surface area contributed by atoms with Crippen LogP contribution in [0.5, 0.6) is 0 Å². The van der Waals surface area contributed by atoms with Crippen LogP contribution >= 0.6 is 0 Å². The lowest BCUT2D eigenvalue weighted by Gasteiger charge is -2.28. The predicted octanol–water partition coefficient (Wildman–Crippen LogP) is 2.83. The molecule has 0 heterocycles. The Morgan fingerprint density at radius 1 is 0.857 bits per heavy atom. The lowest BCUT2D eigenvalue weighted by atomic mass is 10.1. The SMILES string of the molecule is CCCCCCCCS(=O)(=O)C1(S(C)(=O)=O)[CH]C=CC=C1. The molecule has 1 rings (SSSR count). The molecular weight excluding hydrogens is 308 g/mol. The molecule has 0 saturated heterocycles. The van der Waals surface area contributed by atoms with Gasteiger partial charge in [-0.05, 0) is 12.5 Å². The Morgan fingerprint density at radius 2 is 1.48 bits per heavy atom. The van der Waals surface area contributed by atoms with Gasteiger partial charge in [0.05, 0.1) is 5.75 Å². The van der Waals surface area contributed by atoms with Gasteiger partial charge < -0.3 is 0 Å². The summed E-state index contributed by atoms with van der Waals surface area (Å²) in [6.07, 6.45) is 13.8. The maximum Gasteiger partial charge on any atom is 0.198 e. The van der Waals surface area contributed by atoms with Crippen LogP contribution in [0.1, 0.15) is 45.4 Å². The summed E-state index contributed by atoms with van der Waals surface area (Å²) < 4.78 is 47.3. The van der Waals surface area contributed by atoms with E-state index in [1.54, 1.807) is 6.08 Å². The fourth-order valence-corrected chi connectivity index (χ4v) is 6.64. The normalized spacial score (nSPS) is 22.6. The largest absolute Gasteiger partial charge is 0.227 e. The summed E-state index contributed by atoms with van der Waals surface area (Å²) in [5, 5.41) is 0. The number of sulfone groups is 2. The molecule has 21 heavy (non-hydrogen) atoms. The fourth-order valence-electron chi connectivity index (χ4n) is 2.42. The molecule has 0 aliphatic heterocycles. The van der Waals surface area contributed by atoms with Gasteiger partial charge in [-0.3, -0.25) is 0 Å². The van der Waals surface area contributed by atoms with Crippen LogP contribution in [-0.2, 0) is 19.7 Å². The second kappa shape index (κ2) is 7.58. The molecule has 1 aliphatic rings. The van der Waals surface area contributed by atoms with Crippen molar-refractivity contribution in [2.75, 3.05) is 12.0 Å². The van der Waals surface area contributed by atoms with Crippen molar-refractivity contribution in [2.45, 2.75) is 49.5 Å². The molecule has 0 aromatic carbocycles. The average molecular weight is 333 g/mol. The van der Waals surface area contributed by atoms with Crippen LogP contribution in [0.3, 0.4) is 0 Å². The highest BCUT2D eigenvalue weighted by Crippen LogP contribution is 2.33. The zero-order valence-electron chi connectivity index (χ0n) is 12.8. The molecule has 0 spiro atoms. The van der Waals surface area contributed by atoms with Crippen molar-refractivity contribution in [1.82, 2.24) is 0 Å². The average Bonchev–Trinajstić information content (AvgIpc) is 2.42. The number of hydrogen-bond donors (Lipinski definition) is 0. The first-order chi connectivity index (χ1) is 9.77. The molecule has 4 nitrogen and oxygen atoms in total. The molecule has 0 fully saturated rings. The van der Waals surface area contributed by atoms with Gasteiger partial charge in [-0.1, -0.05) is 57.3 Å². The lowest BCUT2D eigenvalue weighted by molar-refractivity contribution is 0.565. The Bertz CT molecular complexity index is 585. The van der Waals surface area contributed by atoms with Crippen molar-refractivity contribution in [1.29, 1.82) is 0 Å². The summed E-state index contributed by atoms with van der Waals surface area (Å²) in [6.45, 7) is 2.12. The van der Waals surface area contributed by atoms with Crippen LogP contribution in [-0.4, -0.2) is 32.9 Å². The van der Waals surface area contributed by atoms with Crippen LogP contribution in [0.4, 0.5) is 0 Å². The van der Waals surface area contributed by atoms with Gasteiger partial charge in [-0.25, -0.2) is 16.8 Å². The first-order valence-electron chi connectivity index (χ1n) is 7.39. The summed E-state index contributed by atoms with van der Waals surface area (Å²) in [4.78, 5) is 0. The van der Waals surface area contributed by atoms with Gasteiger partial charge in [-0.15, -0.1) is 0 Å². The molecule has 1 aliphatic carbocycles. The third-order valence-electron chi connectivity index (χ3n) is 3.71. The van der Waals surface area contributed by atoms with Crippen molar-refractivity contribution >= 4 is 19.7 Å². The Labute approximate surface area is 129 Å². The van der Waals surface area contributed by atoms with E-state index in [0.29, 0.717) is 6.42 Å². The first-order valence-corrected chi connectivity index (χ1v) is 10.9. The van der Waals surface area contributed by atoms with Gasteiger partial charge in [0.25, 0.3) is 0 Å². The minimum atomic E-state index is -3.78. The summed E-state index contributed by atoms with van der Waals surface area (Å²) >= 11 is 0. The van der Waals surface area contributed by atoms with E-state index in [4.69, 9.17) is 0 Å². The standard InChI is InChI=1S/C15H25O4S2/c1-3-4-5-6-7-11-14-21(18,19)15(20(2,16)17)12-9-8-10-13-15/h8-10,12-13H,3-7,11,14H2,1-2H3. The third-order valence-corrected chi connectivity index (χ3v) is 8.88. The van der Waals surface area contributed by atoms with E-state index >= 15 is 0 Å². The zero-order chi connectivity index (χ0) is 16.0. The number of unbranched alkanes of at least 4 members (excludes halogenated alkanes) is 5. The van der Waals surface area contributed by atoms with Gasteiger partial charge in [0.15, 0.2) is 23.8 Å². The monoisotopic (exact) mass is 333 g/mol. The number of allylic oxidation sites excluding steroid dienone is 3. The first kappa shape index (κ1) is 18.4. The van der Waals surface area contributed by atoms with Crippen molar-refractivity contribution in [3.05, 3.63) is 30.7 Å². The summed E-state index contributed by atoms with van der Waals surface area (Å²) in [5.74, 6) is -0.0964. The van der Waals surface area contributed by atoms with Crippen LogP contribution in [0.15, 0.2) is 24.3 Å². The second-order valence-corrected chi connectivity index (χ2v) is 10.3. The molecule has 0 bridgehead atoms. The molecule has 121 valence electrons. The second-order valence-electron chi connectivity index (χ2n) is 5.49. The molecule has 0 saturated carbocycles. The molecule has 0 amide bonds. The molecule has 1 radical (unpaired) electrons. The molecule has 0 aromatic heterocycles. The minimum Gasteiger partial charge on any atom is -0.227 e. The van der Waals surface area contributed by atoms with Crippen molar-refractivity contribution < 1.29 is 16.8 Å². The van der Waals surface area contributed by atoms with Crippen molar-refractivity contribution in [2.24, 2.45) is 0 Å². The Kier molecular flexibility index (Phi) is 6.66. The van der Waals surface area contributed by atoms with Gasteiger partial charge in [0.2, 0.25) is 0 Å². The summed E-state index contributed by atoms with van der Waals surface area (Å²) in [5.41, 5.74) is 0. The van der Waals surface area contributed by atoms with E-state index in [1.165, 1.54) is 24.6 Å². The van der Waals surface area contributed by atoms with E-state index in [0.717, 1.165) is 38.4 Å². The Morgan fingerprint density at radius 3 is 2.00 bits per heavy atom. The van der Waals surface area contributed by atoms with Gasteiger partial charge in [0.1, 0.15) is 0 Å². The molecule has 0 aromatic rings. The highest BCUT2D eigenvalue weighted by Gasteiger charge is 2.50. The van der Waals surface area contributed by atoms with Gasteiger partial charge in [0, 0.05) is 12.7 Å². The molecule has 1 unspecified atom stereocenters. The molecular formula is C15H25O4S2. The quantitative estimate of drug-likeness (QED) is 0.608. The van der Waals surface area contributed by atoms with E-state index in [-0.39, 0.29) is 5.75 Å². The van der Waals surface area contributed by atoms with Crippen LogP contribution in [0, 0.1) is 6.42 Å². The number of rotatable bonds is 9. The van der Waals surface area contributed by atoms with E-state index in [1.807, 2.05) is 0 Å². The molecule has 1 atom stereocenters. The van der Waals surface area contributed by atoms with Crippen molar-refractivity contribution in [3.63, 3.8) is 0 Å². The Balaban J connectivity index is 2.75. The molecule has 6 heteroatoms. The third kappa shape index (κ3) is 4.42. The fraction of sp³-hybridized carbons (Fsp3) is 0.667. The topological polar surface area (TPSA) is 68.3 Å². The highest BCUT2D eigenvalue weighted by atomic mass is 32.3. The van der Waals surface area contributed by atoms with E-state index in [9.17, 15) is 16.8 Å². The van der Waals surface area contributed by atoms with Gasteiger partial charge >= 0.3 is 0 Å². The van der Waals surface area contributed by atoms with Crippen LogP contribution in [0.2, 0.25) is 0 Å². The maximum atomic E-state index is 12.5. The van der Waals surface area contributed by atoms with Crippen LogP contribution < -0.4 is 0 Å². The van der Waals surface area contributed by atoms with Crippen molar-refractivity contribution in [3.8, 4) is 0 Å². The predicted molar refractivity (Wildman–Crippen MR) is 87.3 cm³/mol.